The van der Waals surface area contributed by atoms with Crippen LogP contribution in [0.4, 0.5) is 4.39 Å². The molecule has 1 saturated carbocycles. The van der Waals surface area contributed by atoms with Crippen LogP contribution in [0.1, 0.15) is 29.9 Å². The molecule has 2 N–H and O–H groups in total. The Balaban J connectivity index is 1.78. The quantitative estimate of drug-likeness (QED) is 0.854. The summed E-state index contributed by atoms with van der Waals surface area (Å²) in [6.45, 7) is 0. The SMILES string of the molecule is NC1(c2cccc(F)c2)CC(c2ccccc2)C1. The standard InChI is InChI=1S/C16H16FN/c17-15-8-4-7-14(9-15)16(18)10-13(11-16)12-5-2-1-3-6-12/h1-9,13H,10-11,18H2. The van der Waals surface area contributed by atoms with E-state index in [1.54, 1.807) is 12.1 Å². The van der Waals surface area contributed by atoms with Gasteiger partial charge in [0, 0.05) is 5.54 Å². The fraction of sp³-hybridized carbons (Fsp3) is 0.250. The van der Waals surface area contributed by atoms with Gasteiger partial charge < -0.3 is 5.73 Å². The highest BCUT2D eigenvalue weighted by Gasteiger charge is 2.42. The lowest BCUT2D eigenvalue weighted by Gasteiger charge is -2.45. The molecule has 3 rings (SSSR count). The summed E-state index contributed by atoms with van der Waals surface area (Å²) in [5, 5.41) is 0. The molecular formula is C16H16FN. The second-order valence-corrected chi connectivity index (χ2v) is 5.18. The van der Waals surface area contributed by atoms with E-state index in [1.165, 1.54) is 11.6 Å². The van der Waals surface area contributed by atoms with Crippen LogP contribution in [0, 0.1) is 5.82 Å². The lowest BCUT2D eigenvalue weighted by atomic mass is 9.63. The number of halogens is 1. The molecule has 0 saturated heterocycles. The third-order valence-corrected chi connectivity index (χ3v) is 3.89. The smallest absolute Gasteiger partial charge is 0.123 e. The van der Waals surface area contributed by atoms with E-state index in [0.717, 1.165) is 18.4 Å². The van der Waals surface area contributed by atoms with Crippen LogP contribution in [0.15, 0.2) is 54.6 Å². The van der Waals surface area contributed by atoms with Gasteiger partial charge in [-0.15, -0.1) is 0 Å². The van der Waals surface area contributed by atoms with E-state index in [2.05, 4.69) is 12.1 Å². The molecule has 1 fully saturated rings. The van der Waals surface area contributed by atoms with Gasteiger partial charge in [0.2, 0.25) is 0 Å². The van der Waals surface area contributed by atoms with Crippen molar-refractivity contribution in [3.05, 3.63) is 71.5 Å². The summed E-state index contributed by atoms with van der Waals surface area (Å²) in [6, 6.07) is 17.1. The first-order valence-corrected chi connectivity index (χ1v) is 6.27. The average molecular weight is 241 g/mol. The molecule has 1 nitrogen and oxygen atoms in total. The Morgan fingerprint density at radius 3 is 2.39 bits per heavy atom. The molecule has 92 valence electrons. The van der Waals surface area contributed by atoms with Crippen LogP contribution < -0.4 is 5.73 Å². The summed E-state index contributed by atoms with van der Waals surface area (Å²) >= 11 is 0. The molecule has 0 bridgehead atoms. The van der Waals surface area contributed by atoms with E-state index in [1.807, 2.05) is 24.3 Å². The van der Waals surface area contributed by atoms with E-state index in [-0.39, 0.29) is 11.4 Å². The van der Waals surface area contributed by atoms with Crippen molar-refractivity contribution in [2.24, 2.45) is 5.73 Å². The first-order chi connectivity index (χ1) is 8.67. The number of benzene rings is 2. The summed E-state index contributed by atoms with van der Waals surface area (Å²) in [7, 11) is 0. The van der Waals surface area contributed by atoms with Crippen LogP contribution in [0.5, 0.6) is 0 Å². The number of rotatable bonds is 2. The maximum Gasteiger partial charge on any atom is 0.123 e. The van der Waals surface area contributed by atoms with Gasteiger partial charge in [0.15, 0.2) is 0 Å². The van der Waals surface area contributed by atoms with Gasteiger partial charge >= 0.3 is 0 Å². The zero-order chi connectivity index (χ0) is 12.6. The molecule has 0 aliphatic heterocycles. The first-order valence-electron chi connectivity index (χ1n) is 6.27. The van der Waals surface area contributed by atoms with Gasteiger partial charge in [-0.05, 0) is 42.0 Å². The van der Waals surface area contributed by atoms with Gasteiger partial charge in [-0.3, -0.25) is 0 Å². The summed E-state index contributed by atoms with van der Waals surface area (Å²) in [4.78, 5) is 0. The van der Waals surface area contributed by atoms with E-state index in [0.29, 0.717) is 5.92 Å². The number of hydrogen-bond donors (Lipinski definition) is 1. The molecular weight excluding hydrogens is 225 g/mol. The molecule has 1 aliphatic rings. The van der Waals surface area contributed by atoms with Crippen molar-refractivity contribution >= 4 is 0 Å². The molecule has 18 heavy (non-hydrogen) atoms. The number of hydrogen-bond acceptors (Lipinski definition) is 1. The van der Waals surface area contributed by atoms with Crippen molar-refractivity contribution in [1.82, 2.24) is 0 Å². The van der Waals surface area contributed by atoms with E-state index in [4.69, 9.17) is 5.73 Å². The topological polar surface area (TPSA) is 26.0 Å². The maximum atomic E-state index is 13.2. The van der Waals surface area contributed by atoms with Crippen molar-refractivity contribution in [2.75, 3.05) is 0 Å². The molecule has 1 aliphatic carbocycles. The Labute approximate surface area is 106 Å². The first kappa shape index (κ1) is 11.4. The van der Waals surface area contributed by atoms with Gasteiger partial charge in [-0.1, -0.05) is 42.5 Å². The van der Waals surface area contributed by atoms with Crippen LogP contribution in [0.25, 0.3) is 0 Å². The van der Waals surface area contributed by atoms with Crippen LogP contribution >= 0.6 is 0 Å². The van der Waals surface area contributed by atoms with Crippen LogP contribution in [-0.2, 0) is 5.54 Å². The Morgan fingerprint density at radius 2 is 1.72 bits per heavy atom. The fourth-order valence-electron chi connectivity index (χ4n) is 2.81. The van der Waals surface area contributed by atoms with Gasteiger partial charge in [0.25, 0.3) is 0 Å². The summed E-state index contributed by atoms with van der Waals surface area (Å²) < 4.78 is 13.2. The largest absolute Gasteiger partial charge is 0.321 e. The normalized spacial score (nSPS) is 26.7. The molecule has 2 aromatic rings. The van der Waals surface area contributed by atoms with Crippen molar-refractivity contribution in [1.29, 1.82) is 0 Å². The monoisotopic (exact) mass is 241 g/mol. The van der Waals surface area contributed by atoms with E-state index < -0.39 is 0 Å². The van der Waals surface area contributed by atoms with E-state index in [9.17, 15) is 4.39 Å². The Hall–Kier alpha value is -1.67. The lowest BCUT2D eigenvalue weighted by molar-refractivity contribution is 0.208. The molecule has 0 radical (unpaired) electrons. The Morgan fingerprint density at radius 1 is 1.00 bits per heavy atom. The highest BCUT2D eigenvalue weighted by molar-refractivity contribution is 5.33. The molecule has 0 heterocycles. The summed E-state index contributed by atoms with van der Waals surface area (Å²) in [5.41, 5.74) is 8.24. The molecule has 0 atom stereocenters. The Bertz CT molecular complexity index is 544. The van der Waals surface area contributed by atoms with Crippen LogP contribution in [0.3, 0.4) is 0 Å². The number of nitrogens with two attached hydrogens (primary N) is 1. The van der Waals surface area contributed by atoms with Gasteiger partial charge in [0.1, 0.15) is 5.82 Å². The van der Waals surface area contributed by atoms with Crippen molar-refractivity contribution in [2.45, 2.75) is 24.3 Å². The van der Waals surface area contributed by atoms with Gasteiger partial charge in [-0.2, -0.15) is 0 Å². The molecule has 0 amide bonds. The molecule has 0 spiro atoms. The minimum atomic E-state index is -0.359. The molecule has 0 unspecified atom stereocenters. The predicted molar refractivity (Wildman–Crippen MR) is 70.7 cm³/mol. The summed E-state index contributed by atoms with van der Waals surface area (Å²) in [6.07, 6.45) is 1.78. The maximum absolute atomic E-state index is 13.2. The predicted octanol–water partition coefficient (Wildman–Crippen LogP) is 3.56. The minimum absolute atomic E-state index is 0.208. The third kappa shape index (κ3) is 1.93. The molecule has 2 heteroatoms. The second-order valence-electron chi connectivity index (χ2n) is 5.18. The van der Waals surface area contributed by atoms with Crippen molar-refractivity contribution in [3.8, 4) is 0 Å². The zero-order valence-corrected chi connectivity index (χ0v) is 10.1. The Kier molecular flexibility index (Phi) is 2.67. The van der Waals surface area contributed by atoms with Gasteiger partial charge in [-0.25, -0.2) is 4.39 Å². The minimum Gasteiger partial charge on any atom is -0.321 e. The highest BCUT2D eigenvalue weighted by atomic mass is 19.1. The fourth-order valence-corrected chi connectivity index (χ4v) is 2.81. The van der Waals surface area contributed by atoms with Crippen LogP contribution in [-0.4, -0.2) is 0 Å². The van der Waals surface area contributed by atoms with Crippen molar-refractivity contribution in [3.63, 3.8) is 0 Å². The van der Waals surface area contributed by atoms with E-state index >= 15 is 0 Å². The zero-order valence-electron chi connectivity index (χ0n) is 10.1. The highest BCUT2D eigenvalue weighted by Crippen LogP contribution is 2.48. The molecule has 2 aromatic carbocycles. The summed E-state index contributed by atoms with van der Waals surface area (Å²) in [5.74, 6) is 0.292. The average Bonchev–Trinajstić information content (AvgIpc) is 2.36. The molecule has 0 aromatic heterocycles. The lowest BCUT2D eigenvalue weighted by Crippen LogP contribution is -2.47. The van der Waals surface area contributed by atoms with Crippen molar-refractivity contribution < 1.29 is 4.39 Å². The second kappa shape index (κ2) is 4.21. The third-order valence-electron chi connectivity index (χ3n) is 3.89. The van der Waals surface area contributed by atoms with Gasteiger partial charge in [0.05, 0.1) is 0 Å². The van der Waals surface area contributed by atoms with Crippen LogP contribution in [0.2, 0.25) is 0 Å².